The Morgan fingerprint density at radius 3 is 2.38 bits per heavy atom. The molecule has 3 aromatic rings. The van der Waals surface area contributed by atoms with E-state index < -0.39 is 0 Å². The summed E-state index contributed by atoms with van der Waals surface area (Å²) in [4.78, 5) is 14.0. The summed E-state index contributed by atoms with van der Waals surface area (Å²) in [5.41, 5.74) is 3.61. The van der Waals surface area contributed by atoms with Crippen LogP contribution in [0.3, 0.4) is 0 Å². The van der Waals surface area contributed by atoms with Crippen LogP contribution in [0.1, 0.15) is 27.0 Å². The van der Waals surface area contributed by atoms with Gasteiger partial charge in [0.25, 0.3) is 0 Å². The number of carbonyl (C=O) groups is 1. The van der Waals surface area contributed by atoms with Crippen LogP contribution in [0.15, 0.2) is 77.7 Å². The van der Waals surface area contributed by atoms with Crippen molar-refractivity contribution in [1.82, 2.24) is 0 Å². The standard InChI is InChI=1S/C21H17ClOS/c1-15-7-10-19(11-8-15)24-14-17-13-18(22)9-12-20(17)21(23)16-5-3-2-4-6-16/h2-13H,14H2,1H3. The first-order valence-corrected chi connectivity index (χ1v) is 9.07. The monoisotopic (exact) mass is 352 g/mol. The van der Waals surface area contributed by atoms with Crippen molar-refractivity contribution in [3.63, 3.8) is 0 Å². The van der Waals surface area contributed by atoms with Gasteiger partial charge < -0.3 is 0 Å². The van der Waals surface area contributed by atoms with Crippen molar-refractivity contribution < 1.29 is 4.79 Å². The lowest BCUT2D eigenvalue weighted by Gasteiger charge is -2.10. The summed E-state index contributed by atoms with van der Waals surface area (Å²) in [5.74, 6) is 0.740. The van der Waals surface area contributed by atoms with Crippen molar-refractivity contribution in [2.24, 2.45) is 0 Å². The third-order valence-electron chi connectivity index (χ3n) is 3.76. The Kier molecular flexibility index (Phi) is 5.39. The number of thioether (sulfide) groups is 1. The number of hydrogen-bond acceptors (Lipinski definition) is 2. The third-order valence-corrected chi connectivity index (χ3v) is 5.06. The molecule has 0 spiro atoms. The van der Waals surface area contributed by atoms with Crippen molar-refractivity contribution in [2.45, 2.75) is 17.6 Å². The Bertz CT molecular complexity index is 841. The highest BCUT2D eigenvalue weighted by Gasteiger charge is 2.14. The maximum Gasteiger partial charge on any atom is 0.193 e. The highest BCUT2D eigenvalue weighted by Crippen LogP contribution is 2.28. The highest BCUT2D eigenvalue weighted by atomic mass is 35.5. The highest BCUT2D eigenvalue weighted by molar-refractivity contribution is 7.98. The molecule has 0 aromatic heterocycles. The molecule has 0 heterocycles. The lowest BCUT2D eigenvalue weighted by atomic mass is 9.99. The second-order valence-electron chi connectivity index (χ2n) is 5.60. The zero-order chi connectivity index (χ0) is 16.9. The van der Waals surface area contributed by atoms with E-state index in [-0.39, 0.29) is 5.78 Å². The number of aryl methyl sites for hydroxylation is 1. The van der Waals surface area contributed by atoms with Crippen molar-refractivity contribution in [2.75, 3.05) is 0 Å². The second kappa shape index (κ2) is 7.69. The molecule has 0 N–H and O–H groups in total. The van der Waals surface area contributed by atoms with E-state index in [0.29, 0.717) is 21.9 Å². The number of benzene rings is 3. The van der Waals surface area contributed by atoms with Gasteiger partial charge in [0.2, 0.25) is 0 Å². The summed E-state index contributed by atoms with van der Waals surface area (Å²) in [6.45, 7) is 2.07. The van der Waals surface area contributed by atoms with Crippen LogP contribution in [-0.4, -0.2) is 5.78 Å². The molecule has 3 aromatic carbocycles. The molecule has 120 valence electrons. The molecular formula is C21H17ClOS. The number of hydrogen-bond donors (Lipinski definition) is 0. The number of carbonyl (C=O) groups excluding carboxylic acids is 1. The van der Waals surface area contributed by atoms with E-state index in [2.05, 4.69) is 31.2 Å². The van der Waals surface area contributed by atoms with Gasteiger partial charge in [0.1, 0.15) is 0 Å². The van der Waals surface area contributed by atoms with Crippen LogP contribution in [-0.2, 0) is 5.75 Å². The molecule has 1 nitrogen and oxygen atoms in total. The van der Waals surface area contributed by atoms with Gasteiger partial charge in [-0.1, -0.05) is 59.6 Å². The van der Waals surface area contributed by atoms with Crippen LogP contribution in [0.25, 0.3) is 0 Å². The molecule has 0 fully saturated rings. The lowest BCUT2D eigenvalue weighted by Crippen LogP contribution is -2.05. The van der Waals surface area contributed by atoms with Gasteiger partial charge in [-0.2, -0.15) is 0 Å². The Balaban J connectivity index is 1.85. The van der Waals surface area contributed by atoms with Crippen molar-refractivity contribution >= 4 is 29.1 Å². The molecule has 0 aliphatic rings. The molecule has 0 unspecified atom stereocenters. The van der Waals surface area contributed by atoms with E-state index in [4.69, 9.17) is 11.6 Å². The number of rotatable bonds is 5. The van der Waals surface area contributed by atoms with E-state index in [1.807, 2.05) is 42.5 Å². The van der Waals surface area contributed by atoms with E-state index in [0.717, 1.165) is 5.56 Å². The molecule has 3 heteroatoms. The average molecular weight is 353 g/mol. The Morgan fingerprint density at radius 1 is 0.958 bits per heavy atom. The minimum atomic E-state index is 0.0340. The van der Waals surface area contributed by atoms with Gasteiger partial charge in [-0.15, -0.1) is 11.8 Å². The van der Waals surface area contributed by atoms with E-state index >= 15 is 0 Å². The maximum atomic E-state index is 12.8. The SMILES string of the molecule is Cc1ccc(SCc2cc(Cl)ccc2C(=O)c2ccccc2)cc1. The molecule has 0 bridgehead atoms. The fourth-order valence-electron chi connectivity index (χ4n) is 2.44. The number of ketones is 1. The van der Waals surface area contributed by atoms with E-state index in [1.54, 1.807) is 17.8 Å². The molecule has 24 heavy (non-hydrogen) atoms. The van der Waals surface area contributed by atoms with Crippen LogP contribution in [0.5, 0.6) is 0 Å². The van der Waals surface area contributed by atoms with Crippen molar-refractivity contribution in [3.8, 4) is 0 Å². The van der Waals surface area contributed by atoms with Gasteiger partial charge in [-0.05, 0) is 42.8 Å². The third kappa shape index (κ3) is 4.08. The zero-order valence-electron chi connectivity index (χ0n) is 13.3. The van der Waals surface area contributed by atoms with Crippen LogP contribution in [0.4, 0.5) is 0 Å². The maximum absolute atomic E-state index is 12.8. The molecule has 0 atom stereocenters. The minimum Gasteiger partial charge on any atom is -0.289 e. The molecule has 0 aliphatic carbocycles. The normalized spacial score (nSPS) is 10.6. The Hall–Kier alpha value is -2.03. The van der Waals surface area contributed by atoms with E-state index in [9.17, 15) is 4.79 Å². The quantitative estimate of drug-likeness (QED) is 0.403. The summed E-state index contributed by atoms with van der Waals surface area (Å²) >= 11 is 7.86. The van der Waals surface area contributed by atoms with Crippen molar-refractivity contribution in [3.05, 3.63) is 100 Å². The fourth-order valence-corrected chi connectivity index (χ4v) is 3.53. The van der Waals surface area contributed by atoms with Crippen LogP contribution in [0.2, 0.25) is 5.02 Å². The van der Waals surface area contributed by atoms with Gasteiger partial charge >= 0.3 is 0 Å². The lowest BCUT2D eigenvalue weighted by molar-refractivity contribution is 0.103. The van der Waals surface area contributed by atoms with Gasteiger partial charge in [-0.25, -0.2) is 0 Å². The Morgan fingerprint density at radius 2 is 1.67 bits per heavy atom. The molecule has 0 saturated carbocycles. The van der Waals surface area contributed by atoms with Gasteiger partial charge in [-0.3, -0.25) is 4.79 Å². The Labute approximate surface area is 151 Å². The van der Waals surface area contributed by atoms with Crippen LogP contribution < -0.4 is 0 Å². The average Bonchev–Trinajstić information content (AvgIpc) is 2.61. The fraction of sp³-hybridized carbons (Fsp3) is 0.0952. The second-order valence-corrected chi connectivity index (χ2v) is 7.08. The first kappa shape index (κ1) is 16.8. The largest absolute Gasteiger partial charge is 0.289 e. The summed E-state index contributed by atoms with van der Waals surface area (Å²) in [7, 11) is 0. The minimum absolute atomic E-state index is 0.0340. The zero-order valence-corrected chi connectivity index (χ0v) is 14.9. The smallest absolute Gasteiger partial charge is 0.193 e. The molecule has 0 saturated heterocycles. The predicted molar refractivity (Wildman–Crippen MR) is 102 cm³/mol. The molecule has 0 radical (unpaired) electrons. The molecule has 0 aliphatic heterocycles. The first-order chi connectivity index (χ1) is 11.6. The summed E-state index contributed by atoms with van der Waals surface area (Å²) in [5, 5.41) is 0.652. The summed E-state index contributed by atoms with van der Waals surface area (Å²) in [6.07, 6.45) is 0. The molecule has 0 amide bonds. The van der Waals surface area contributed by atoms with Gasteiger partial charge in [0, 0.05) is 26.8 Å². The van der Waals surface area contributed by atoms with E-state index in [1.165, 1.54) is 10.5 Å². The summed E-state index contributed by atoms with van der Waals surface area (Å²) in [6, 6.07) is 23.2. The predicted octanol–water partition coefficient (Wildman–Crippen LogP) is 6.17. The topological polar surface area (TPSA) is 17.1 Å². The molecular weight excluding hydrogens is 336 g/mol. The summed E-state index contributed by atoms with van der Waals surface area (Å²) < 4.78 is 0. The van der Waals surface area contributed by atoms with Crippen LogP contribution >= 0.6 is 23.4 Å². The van der Waals surface area contributed by atoms with Crippen molar-refractivity contribution in [1.29, 1.82) is 0 Å². The van der Waals surface area contributed by atoms with Gasteiger partial charge in [0.15, 0.2) is 5.78 Å². The van der Waals surface area contributed by atoms with Gasteiger partial charge in [0.05, 0.1) is 0 Å². The first-order valence-electron chi connectivity index (χ1n) is 7.71. The van der Waals surface area contributed by atoms with Crippen LogP contribution in [0, 0.1) is 6.92 Å². The molecule has 3 rings (SSSR count). The number of halogens is 1.